The van der Waals surface area contributed by atoms with Gasteiger partial charge in [0.25, 0.3) is 5.56 Å². The first-order valence-corrected chi connectivity index (χ1v) is 9.68. The van der Waals surface area contributed by atoms with Gasteiger partial charge in [0.2, 0.25) is 0 Å². The van der Waals surface area contributed by atoms with Crippen LogP contribution in [0.1, 0.15) is 25.1 Å². The first kappa shape index (κ1) is 18.1. The number of rotatable bonds is 5. The summed E-state index contributed by atoms with van der Waals surface area (Å²) >= 11 is 0. The Labute approximate surface area is 133 Å². The Kier molecular flexibility index (Phi) is 5.30. The molecule has 5 atom stereocenters. The Morgan fingerprint density at radius 3 is 2.83 bits per heavy atom. The summed E-state index contributed by atoms with van der Waals surface area (Å²) in [6.45, 7) is 4.95. The van der Waals surface area contributed by atoms with Crippen molar-refractivity contribution in [3.05, 3.63) is 32.6 Å². The zero-order chi connectivity index (χ0) is 17.4. The van der Waals surface area contributed by atoms with E-state index < -0.39 is 37.1 Å². The lowest BCUT2D eigenvalue weighted by Crippen LogP contribution is -2.34. The van der Waals surface area contributed by atoms with Crippen LogP contribution in [0, 0.1) is 12.8 Å². The molecule has 1 aliphatic heterocycles. The largest absolute Gasteiger partial charge is 0.390 e. The third-order valence-corrected chi connectivity index (χ3v) is 6.17. The maximum absolute atomic E-state index is 12.1. The second-order valence-electron chi connectivity index (χ2n) is 6.19. The van der Waals surface area contributed by atoms with Crippen molar-refractivity contribution < 1.29 is 18.9 Å². The number of aromatic nitrogens is 2. The molecule has 130 valence electrons. The maximum Gasteiger partial charge on any atom is 0.330 e. The molecule has 1 aromatic rings. The monoisotopic (exact) mass is 346 g/mol. The summed E-state index contributed by atoms with van der Waals surface area (Å²) in [4.78, 5) is 25.6. The predicted octanol–water partition coefficient (Wildman–Crippen LogP) is 0.684. The van der Waals surface area contributed by atoms with Crippen LogP contribution >= 0.6 is 7.37 Å². The van der Waals surface area contributed by atoms with Crippen molar-refractivity contribution in [1.29, 1.82) is 0 Å². The van der Waals surface area contributed by atoms with Crippen molar-refractivity contribution in [3.8, 4) is 0 Å². The number of H-pyrrole nitrogens is 1. The molecule has 1 aliphatic rings. The Hall–Kier alpha value is -1.21. The SMILES string of the molecule is COP(C)(=O)C[C@H](C)[C@H]1O[C@@H](n2cc(C)c(=O)[nH]c2=O)CC1O. The second-order valence-corrected chi connectivity index (χ2v) is 8.95. The van der Waals surface area contributed by atoms with Crippen LogP contribution in [0.4, 0.5) is 0 Å². The lowest BCUT2D eigenvalue weighted by molar-refractivity contribution is -0.0428. The molecular weight excluding hydrogens is 323 g/mol. The lowest BCUT2D eigenvalue weighted by Gasteiger charge is -2.24. The van der Waals surface area contributed by atoms with E-state index in [4.69, 9.17) is 9.26 Å². The highest BCUT2D eigenvalue weighted by atomic mass is 31.2. The molecule has 0 saturated carbocycles. The molecule has 8 nitrogen and oxygen atoms in total. The number of aryl methyl sites for hydroxylation is 1. The Balaban J connectivity index is 2.18. The van der Waals surface area contributed by atoms with Gasteiger partial charge < -0.3 is 14.4 Å². The zero-order valence-electron chi connectivity index (χ0n) is 13.7. The van der Waals surface area contributed by atoms with E-state index in [1.807, 2.05) is 6.92 Å². The van der Waals surface area contributed by atoms with Crippen molar-refractivity contribution in [3.63, 3.8) is 0 Å². The van der Waals surface area contributed by atoms with E-state index in [0.717, 1.165) is 0 Å². The molecule has 2 heterocycles. The van der Waals surface area contributed by atoms with Crippen LogP contribution in [-0.2, 0) is 13.8 Å². The summed E-state index contributed by atoms with van der Waals surface area (Å²) in [5.74, 6) is -0.203. The highest BCUT2D eigenvalue weighted by Crippen LogP contribution is 2.45. The quantitative estimate of drug-likeness (QED) is 0.759. The minimum absolute atomic E-state index is 0.203. The van der Waals surface area contributed by atoms with Crippen molar-refractivity contribution in [2.45, 2.75) is 38.7 Å². The van der Waals surface area contributed by atoms with Crippen LogP contribution in [0.3, 0.4) is 0 Å². The average molecular weight is 346 g/mol. The van der Waals surface area contributed by atoms with E-state index in [9.17, 15) is 19.3 Å². The van der Waals surface area contributed by atoms with Crippen LogP contribution in [0.25, 0.3) is 0 Å². The van der Waals surface area contributed by atoms with E-state index in [0.29, 0.717) is 5.56 Å². The second kappa shape index (κ2) is 6.73. The number of nitrogens with zero attached hydrogens (tertiary/aromatic N) is 1. The van der Waals surface area contributed by atoms with E-state index >= 15 is 0 Å². The average Bonchev–Trinajstić information content (AvgIpc) is 2.84. The van der Waals surface area contributed by atoms with Crippen molar-refractivity contribution >= 4 is 7.37 Å². The summed E-state index contributed by atoms with van der Waals surface area (Å²) in [5, 5.41) is 10.2. The summed E-state index contributed by atoms with van der Waals surface area (Å²) < 4.78 is 24.2. The third kappa shape index (κ3) is 4.01. The van der Waals surface area contributed by atoms with Gasteiger partial charge in [-0.3, -0.25) is 18.9 Å². The van der Waals surface area contributed by atoms with Gasteiger partial charge in [-0.25, -0.2) is 4.79 Å². The Morgan fingerprint density at radius 1 is 1.57 bits per heavy atom. The van der Waals surface area contributed by atoms with Gasteiger partial charge in [0, 0.05) is 38.1 Å². The molecule has 2 rings (SSSR count). The molecule has 2 unspecified atom stereocenters. The van der Waals surface area contributed by atoms with Gasteiger partial charge in [0.05, 0.1) is 12.2 Å². The number of hydrogen-bond acceptors (Lipinski definition) is 6. The third-order valence-electron chi connectivity index (χ3n) is 4.16. The van der Waals surface area contributed by atoms with Crippen LogP contribution in [0.15, 0.2) is 15.8 Å². The van der Waals surface area contributed by atoms with Gasteiger partial charge in [0.15, 0.2) is 7.37 Å². The predicted molar refractivity (Wildman–Crippen MR) is 85.2 cm³/mol. The Morgan fingerprint density at radius 2 is 2.22 bits per heavy atom. The fourth-order valence-corrected chi connectivity index (χ4v) is 4.27. The molecule has 2 N–H and O–H groups in total. The number of hydrogen-bond donors (Lipinski definition) is 2. The molecule has 0 aliphatic carbocycles. The molecule has 0 radical (unpaired) electrons. The lowest BCUT2D eigenvalue weighted by atomic mass is 10.0. The van der Waals surface area contributed by atoms with Gasteiger partial charge >= 0.3 is 5.69 Å². The summed E-state index contributed by atoms with van der Waals surface area (Å²) in [6.07, 6.45) is -0.0856. The van der Waals surface area contributed by atoms with Crippen LogP contribution in [-0.4, -0.2) is 46.8 Å². The standard InChI is InChI=1S/C14H23N2O6P/c1-8-6-16(14(19)15-13(8)18)11-5-10(17)12(22-11)9(2)7-23(4,20)21-3/h6,9-12,17H,5,7H2,1-4H3,(H,15,18,19)/t9-,10?,11+,12+,23?/m0/s1. The summed E-state index contributed by atoms with van der Waals surface area (Å²) in [5.41, 5.74) is -0.637. The van der Waals surface area contributed by atoms with Crippen LogP contribution in [0.5, 0.6) is 0 Å². The van der Waals surface area contributed by atoms with Crippen molar-refractivity contribution in [2.75, 3.05) is 19.9 Å². The molecule has 1 aromatic heterocycles. The fourth-order valence-electron chi connectivity index (χ4n) is 2.86. The summed E-state index contributed by atoms with van der Waals surface area (Å²) in [7, 11) is -1.34. The zero-order valence-corrected chi connectivity index (χ0v) is 14.6. The maximum atomic E-state index is 12.1. The molecule has 0 bridgehead atoms. The van der Waals surface area contributed by atoms with Crippen LogP contribution in [0.2, 0.25) is 0 Å². The van der Waals surface area contributed by atoms with Gasteiger partial charge in [-0.2, -0.15) is 0 Å². The highest BCUT2D eigenvalue weighted by Gasteiger charge is 2.40. The fraction of sp³-hybridized carbons (Fsp3) is 0.714. The van der Waals surface area contributed by atoms with Gasteiger partial charge in [-0.05, 0) is 12.8 Å². The molecular formula is C14H23N2O6P. The minimum Gasteiger partial charge on any atom is -0.390 e. The van der Waals surface area contributed by atoms with E-state index in [-0.39, 0.29) is 18.5 Å². The number of ether oxygens (including phenoxy) is 1. The molecule has 23 heavy (non-hydrogen) atoms. The number of aliphatic hydroxyl groups excluding tert-OH is 1. The first-order valence-electron chi connectivity index (χ1n) is 7.42. The number of nitrogens with one attached hydrogen (secondary N) is 1. The van der Waals surface area contributed by atoms with Gasteiger partial charge in [0.1, 0.15) is 6.23 Å². The molecule has 0 spiro atoms. The van der Waals surface area contributed by atoms with Crippen LogP contribution < -0.4 is 11.2 Å². The van der Waals surface area contributed by atoms with Crippen molar-refractivity contribution in [1.82, 2.24) is 9.55 Å². The molecule has 9 heteroatoms. The number of aromatic amines is 1. The van der Waals surface area contributed by atoms with E-state index in [1.54, 1.807) is 6.92 Å². The van der Waals surface area contributed by atoms with E-state index in [2.05, 4.69) is 4.98 Å². The minimum atomic E-state index is -2.73. The van der Waals surface area contributed by atoms with Gasteiger partial charge in [-0.1, -0.05) is 6.92 Å². The Bertz CT molecular complexity index is 727. The van der Waals surface area contributed by atoms with Crippen molar-refractivity contribution in [2.24, 2.45) is 5.92 Å². The number of aliphatic hydroxyl groups is 1. The highest BCUT2D eigenvalue weighted by molar-refractivity contribution is 7.58. The molecule has 0 amide bonds. The van der Waals surface area contributed by atoms with Gasteiger partial charge in [-0.15, -0.1) is 0 Å². The summed E-state index contributed by atoms with van der Waals surface area (Å²) in [6, 6.07) is 0. The molecule has 1 fully saturated rings. The smallest absolute Gasteiger partial charge is 0.330 e. The topological polar surface area (TPSA) is 111 Å². The normalized spacial score (nSPS) is 28.5. The first-order chi connectivity index (χ1) is 10.6. The molecule has 1 saturated heterocycles. The van der Waals surface area contributed by atoms with E-state index in [1.165, 1.54) is 24.5 Å². The molecule has 0 aromatic carbocycles.